The van der Waals surface area contributed by atoms with Gasteiger partial charge < -0.3 is 5.32 Å². The lowest BCUT2D eigenvalue weighted by Crippen LogP contribution is -2.24. The van der Waals surface area contributed by atoms with Crippen LogP contribution in [0, 0.1) is 0 Å². The number of anilines is 1. The van der Waals surface area contributed by atoms with Gasteiger partial charge in [-0.3, -0.25) is 9.69 Å². The third-order valence-electron chi connectivity index (χ3n) is 2.90. The summed E-state index contributed by atoms with van der Waals surface area (Å²) in [6.07, 6.45) is 1.56. The van der Waals surface area contributed by atoms with Crippen molar-refractivity contribution >= 4 is 38.3 Å². The van der Waals surface area contributed by atoms with Gasteiger partial charge in [0.25, 0.3) is 0 Å². The molecule has 0 bridgehead atoms. The lowest BCUT2D eigenvalue weighted by molar-refractivity contribution is -0.117. The summed E-state index contributed by atoms with van der Waals surface area (Å²) in [4.78, 5) is 19.7. The molecule has 1 N–H and O–H groups in total. The van der Waals surface area contributed by atoms with Crippen molar-refractivity contribution in [2.45, 2.75) is 24.2 Å². The fourth-order valence-corrected chi connectivity index (χ4v) is 3.75. The van der Waals surface area contributed by atoms with Gasteiger partial charge in [-0.2, -0.15) is 0 Å². The molecule has 3 heterocycles. The first-order chi connectivity index (χ1) is 7.74. The summed E-state index contributed by atoms with van der Waals surface area (Å²) in [7, 11) is 0. The van der Waals surface area contributed by atoms with E-state index in [2.05, 4.69) is 26.2 Å². The number of alkyl halides is 1. The van der Waals surface area contributed by atoms with Gasteiger partial charge in [-0.1, -0.05) is 27.3 Å². The SMILES string of the molecule is O=C1CC(Br)CN1c1nc2c(s1)CNCC2. The average molecular weight is 302 g/mol. The monoisotopic (exact) mass is 301 g/mol. The third-order valence-corrected chi connectivity index (χ3v) is 4.63. The first-order valence-corrected chi connectivity index (χ1v) is 7.11. The van der Waals surface area contributed by atoms with Crippen LogP contribution in [0.25, 0.3) is 0 Å². The van der Waals surface area contributed by atoms with Gasteiger partial charge in [0.15, 0.2) is 5.13 Å². The summed E-state index contributed by atoms with van der Waals surface area (Å²) in [6, 6.07) is 0. The second-order valence-electron chi connectivity index (χ2n) is 4.10. The van der Waals surface area contributed by atoms with E-state index in [1.807, 2.05) is 4.90 Å². The minimum Gasteiger partial charge on any atom is -0.311 e. The van der Waals surface area contributed by atoms with E-state index in [1.54, 1.807) is 11.3 Å². The van der Waals surface area contributed by atoms with Gasteiger partial charge in [0, 0.05) is 42.2 Å². The highest BCUT2D eigenvalue weighted by molar-refractivity contribution is 9.09. The first-order valence-electron chi connectivity index (χ1n) is 5.38. The van der Waals surface area contributed by atoms with Crippen LogP contribution in [-0.4, -0.2) is 28.8 Å². The average Bonchev–Trinajstić information content (AvgIpc) is 2.81. The number of fused-ring (bicyclic) bond motifs is 1. The molecule has 1 aromatic rings. The maximum Gasteiger partial charge on any atom is 0.230 e. The lowest BCUT2D eigenvalue weighted by Gasteiger charge is -2.10. The molecule has 86 valence electrons. The summed E-state index contributed by atoms with van der Waals surface area (Å²) in [5.41, 5.74) is 1.17. The van der Waals surface area contributed by atoms with Crippen molar-refractivity contribution in [3.8, 4) is 0 Å². The molecule has 0 spiro atoms. The molecule has 1 saturated heterocycles. The van der Waals surface area contributed by atoms with Crippen LogP contribution in [0.2, 0.25) is 0 Å². The van der Waals surface area contributed by atoms with Crippen molar-refractivity contribution in [1.29, 1.82) is 0 Å². The maximum absolute atomic E-state index is 11.7. The molecule has 16 heavy (non-hydrogen) atoms. The molecular formula is C10H12BrN3OS. The largest absolute Gasteiger partial charge is 0.311 e. The van der Waals surface area contributed by atoms with E-state index in [0.29, 0.717) is 6.42 Å². The van der Waals surface area contributed by atoms with Crippen molar-refractivity contribution < 1.29 is 4.79 Å². The van der Waals surface area contributed by atoms with E-state index in [-0.39, 0.29) is 10.7 Å². The molecule has 0 aliphatic carbocycles. The number of aromatic nitrogens is 1. The van der Waals surface area contributed by atoms with Crippen LogP contribution in [0.1, 0.15) is 17.0 Å². The number of hydrogen-bond acceptors (Lipinski definition) is 4. The summed E-state index contributed by atoms with van der Waals surface area (Å²) >= 11 is 5.14. The Kier molecular flexibility index (Phi) is 2.73. The number of hydrogen-bond donors (Lipinski definition) is 1. The molecule has 1 atom stereocenters. The Labute approximate surface area is 106 Å². The Bertz CT molecular complexity index is 410. The number of nitrogens with one attached hydrogen (secondary N) is 1. The second-order valence-corrected chi connectivity index (χ2v) is 6.46. The number of carbonyl (C=O) groups is 1. The number of carbonyl (C=O) groups excluding carboxylic acids is 1. The molecule has 1 aromatic heterocycles. The van der Waals surface area contributed by atoms with E-state index in [4.69, 9.17) is 0 Å². The molecule has 2 aliphatic heterocycles. The summed E-state index contributed by atoms with van der Waals surface area (Å²) < 4.78 is 0. The topological polar surface area (TPSA) is 45.2 Å². The number of nitrogens with zero attached hydrogens (tertiary/aromatic N) is 2. The zero-order valence-corrected chi connectivity index (χ0v) is 11.1. The highest BCUT2D eigenvalue weighted by Crippen LogP contribution is 2.32. The van der Waals surface area contributed by atoms with Crippen molar-refractivity contribution in [1.82, 2.24) is 10.3 Å². The van der Waals surface area contributed by atoms with E-state index < -0.39 is 0 Å². The van der Waals surface area contributed by atoms with Crippen molar-refractivity contribution in [2.75, 3.05) is 18.0 Å². The summed E-state index contributed by atoms with van der Waals surface area (Å²) in [6.45, 7) is 2.64. The fourth-order valence-electron chi connectivity index (χ4n) is 2.08. The van der Waals surface area contributed by atoms with Crippen LogP contribution < -0.4 is 10.2 Å². The lowest BCUT2D eigenvalue weighted by atomic mass is 10.2. The number of rotatable bonds is 1. The van der Waals surface area contributed by atoms with Gasteiger partial charge >= 0.3 is 0 Å². The Morgan fingerprint density at radius 3 is 3.12 bits per heavy atom. The number of halogens is 1. The first kappa shape index (κ1) is 10.7. The molecular weight excluding hydrogens is 290 g/mol. The van der Waals surface area contributed by atoms with Crippen LogP contribution in [-0.2, 0) is 17.8 Å². The van der Waals surface area contributed by atoms with Crippen LogP contribution in [0.3, 0.4) is 0 Å². The van der Waals surface area contributed by atoms with Gasteiger partial charge in [-0.15, -0.1) is 0 Å². The fraction of sp³-hybridized carbons (Fsp3) is 0.600. The Morgan fingerprint density at radius 1 is 1.56 bits per heavy atom. The minimum atomic E-state index is 0.181. The zero-order valence-electron chi connectivity index (χ0n) is 8.70. The number of thiazole rings is 1. The van der Waals surface area contributed by atoms with Crippen molar-refractivity contribution in [3.05, 3.63) is 10.6 Å². The van der Waals surface area contributed by atoms with Crippen LogP contribution in [0.4, 0.5) is 5.13 Å². The predicted octanol–water partition coefficient (Wildman–Crippen LogP) is 1.29. The molecule has 1 unspecified atom stereocenters. The molecule has 6 heteroatoms. The quantitative estimate of drug-likeness (QED) is 0.795. The normalized spacial score (nSPS) is 24.9. The van der Waals surface area contributed by atoms with E-state index >= 15 is 0 Å². The Balaban J connectivity index is 1.89. The third kappa shape index (κ3) is 1.78. The molecule has 3 rings (SSSR count). The van der Waals surface area contributed by atoms with Crippen molar-refractivity contribution in [3.63, 3.8) is 0 Å². The van der Waals surface area contributed by atoms with Gasteiger partial charge in [0.1, 0.15) is 0 Å². The smallest absolute Gasteiger partial charge is 0.230 e. The van der Waals surface area contributed by atoms with E-state index in [0.717, 1.165) is 31.2 Å². The minimum absolute atomic E-state index is 0.181. The maximum atomic E-state index is 11.7. The van der Waals surface area contributed by atoms with Gasteiger partial charge in [-0.25, -0.2) is 4.98 Å². The summed E-state index contributed by atoms with van der Waals surface area (Å²) in [5, 5.41) is 4.20. The molecule has 4 nitrogen and oxygen atoms in total. The van der Waals surface area contributed by atoms with Gasteiger partial charge in [0.2, 0.25) is 5.91 Å². The van der Waals surface area contributed by atoms with Gasteiger partial charge in [-0.05, 0) is 0 Å². The van der Waals surface area contributed by atoms with Gasteiger partial charge in [0.05, 0.1) is 5.69 Å². The Morgan fingerprint density at radius 2 is 2.44 bits per heavy atom. The van der Waals surface area contributed by atoms with Crippen molar-refractivity contribution in [2.24, 2.45) is 0 Å². The molecule has 0 radical (unpaired) electrons. The molecule has 1 amide bonds. The summed E-state index contributed by atoms with van der Waals surface area (Å²) in [5.74, 6) is 0.181. The second kappa shape index (κ2) is 4.09. The predicted molar refractivity (Wildman–Crippen MR) is 67.2 cm³/mol. The number of amides is 1. The zero-order chi connectivity index (χ0) is 11.1. The van der Waals surface area contributed by atoms with Crippen LogP contribution in [0.5, 0.6) is 0 Å². The van der Waals surface area contributed by atoms with Crippen LogP contribution >= 0.6 is 27.3 Å². The molecule has 1 fully saturated rings. The van der Waals surface area contributed by atoms with E-state index in [1.165, 1.54) is 10.6 Å². The van der Waals surface area contributed by atoms with Crippen LogP contribution in [0.15, 0.2) is 0 Å². The Hall–Kier alpha value is -0.460. The van der Waals surface area contributed by atoms with E-state index in [9.17, 15) is 4.79 Å². The highest BCUT2D eigenvalue weighted by Gasteiger charge is 2.31. The highest BCUT2D eigenvalue weighted by atomic mass is 79.9. The standard InChI is InChI=1S/C10H12BrN3OS/c11-6-3-9(15)14(5-6)10-13-7-1-2-12-4-8(7)16-10/h6,12H,1-5H2. The molecule has 0 aromatic carbocycles. The molecule has 0 saturated carbocycles. The molecule has 2 aliphatic rings.